The van der Waals surface area contributed by atoms with Crippen LogP contribution in [0.3, 0.4) is 0 Å². The summed E-state index contributed by atoms with van der Waals surface area (Å²) in [6.07, 6.45) is 2.00. The number of anilines is 1. The molecule has 2 heterocycles. The first kappa shape index (κ1) is 11.5. The number of nitrogens with two attached hydrogens (primary N) is 1. The van der Waals surface area contributed by atoms with Gasteiger partial charge in [-0.1, -0.05) is 0 Å². The summed E-state index contributed by atoms with van der Waals surface area (Å²) in [5, 5.41) is 1.06. The maximum Gasteiger partial charge on any atom is 0.120 e. The predicted molar refractivity (Wildman–Crippen MR) is 72.5 cm³/mol. The van der Waals surface area contributed by atoms with E-state index in [0.29, 0.717) is 6.54 Å². The summed E-state index contributed by atoms with van der Waals surface area (Å²) in [4.78, 5) is 5.25. The van der Waals surface area contributed by atoms with Crippen molar-refractivity contribution in [1.82, 2.24) is 9.88 Å². The SMILES string of the molecule is CN1CCC(c2c[nH]c3ccc(N)cc23)C(F)C1. The third kappa shape index (κ3) is 1.86. The summed E-state index contributed by atoms with van der Waals surface area (Å²) in [6.45, 7) is 1.46. The quantitative estimate of drug-likeness (QED) is 0.760. The van der Waals surface area contributed by atoms with Crippen LogP contribution >= 0.6 is 0 Å². The summed E-state index contributed by atoms with van der Waals surface area (Å²) in [5.74, 6) is -0.0169. The Labute approximate surface area is 106 Å². The number of benzene rings is 1. The number of nitrogens with zero attached hydrogens (tertiary/aromatic N) is 1. The van der Waals surface area contributed by atoms with Gasteiger partial charge in [0.05, 0.1) is 0 Å². The summed E-state index contributed by atoms with van der Waals surface area (Å²) in [7, 11) is 1.97. The Balaban J connectivity index is 2.01. The van der Waals surface area contributed by atoms with Crippen molar-refractivity contribution in [3.8, 4) is 0 Å². The number of rotatable bonds is 1. The lowest BCUT2D eigenvalue weighted by Gasteiger charge is -2.32. The third-order valence-corrected chi connectivity index (χ3v) is 3.88. The highest BCUT2D eigenvalue weighted by Gasteiger charge is 2.30. The number of likely N-dealkylation sites (tertiary alicyclic amines) is 1. The minimum atomic E-state index is -0.802. The van der Waals surface area contributed by atoms with Gasteiger partial charge in [0, 0.05) is 35.2 Å². The highest BCUT2D eigenvalue weighted by Crippen LogP contribution is 2.35. The van der Waals surface area contributed by atoms with Gasteiger partial charge in [-0.25, -0.2) is 4.39 Å². The molecule has 2 unspecified atom stereocenters. The van der Waals surface area contributed by atoms with Crippen LogP contribution in [0.15, 0.2) is 24.4 Å². The number of hydrogen-bond acceptors (Lipinski definition) is 2. The van der Waals surface area contributed by atoms with Gasteiger partial charge in [-0.15, -0.1) is 0 Å². The number of nitrogen functional groups attached to an aromatic ring is 1. The second-order valence-electron chi connectivity index (χ2n) is 5.22. The molecule has 3 nitrogen and oxygen atoms in total. The lowest BCUT2D eigenvalue weighted by atomic mass is 9.88. The van der Waals surface area contributed by atoms with E-state index in [9.17, 15) is 4.39 Å². The Hall–Kier alpha value is -1.55. The molecule has 2 atom stereocenters. The van der Waals surface area contributed by atoms with E-state index in [1.165, 1.54) is 0 Å². The van der Waals surface area contributed by atoms with Crippen molar-refractivity contribution in [3.05, 3.63) is 30.0 Å². The van der Waals surface area contributed by atoms with Crippen molar-refractivity contribution in [3.63, 3.8) is 0 Å². The number of alkyl halides is 1. The summed E-state index contributed by atoms with van der Waals surface area (Å²) in [6, 6.07) is 5.76. The van der Waals surface area contributed by atoms with E-state index in [1.807, 2.05) is 36.3 Å². The van der Waals surface area contributed by atoms with Crippen LogP contribution in [0.4, 0.5) is 10.1 Å². The van der Waals surface area contributed by atoms with Crippen LogP contribution in [-0.4, -0.2) is 36.2 Å². The first-order valence-corrected chi connectivity index (χ1v) is 6.34. The fourth-order valence-electron chi connectivity index (χ4n) is 2.87. The molecule has 1 aliphatic rings. The molecule has 0 amide bonds. The van der Waals surface area contributed by atoms with Gasteiger partial charge >= 0.3 is 0 Å². The first-order chi connectivity index (χ1) is 8.65. The molecule has 0 spiro atoms. The molecule has 1 saturated heterocycles. The number of fused-ring (bicyclic) bond motifs is 1. The van der Waals surface area contributed by atoms with Crippen LogP contribution < -0.4 is 5.73 Å². The number of H-pyrrole nitrogens is 1. The van der Waals surface area contributed by atoms with Gasteiger partial charge in [-0.2, -0.15) is 0 Å². The van der Waals surface area contributed by atoms with Crippen LogP contribution in [0.5, 0.6) is 0 Å². The average molecular weight is 247 g/mol. The largest absolute Gasteiger partial charge is 0.399 e. The van der Waals surface area contributed by atoms with Gasteiger partial charge in [0.25, 0.3) is 0 Å². The molecule has 2 aromatic rings. The molecule has 18 heavy (non-hydrogen) atoms. The maximum absolute atomic E-state index is 14.2. The molecule has 4 heteroatoms. The third-order valence-electron chi connectivity index (χ3n) is 3.88. The van der Waals surface area contributed by atoms with Gasteiger partial charge in [-0.05, 0) is 43.8 Å². The zero-order chi connectivity index (χ0) is 12.7. The van der Waals surface area contributed by atoms with E-state index in [1.54, 1.807) is 0 Å². The molecule has 1 aromatic carbocycles. The van der Waals surface area contributed by atoms with Crippen molar-refractivity contribution < 1.29 is 4.39 Å². The number of aromatic amines is 1. The molecular formula is C14H18FN3. The molecule has 0 bridgehead atoms. The second-order valence-corrected chi connectivity index (χ2v) is 5.22. The van der Waals surface area contributed by atoms with Crippen molar-refractivity contribution in [2.45, 2.75) is 18.5 Å². The minimum absolute atomic E-state index is 0.0169. The maximum atomic E-state index is 14.2. The molecular weight excluding hydrogens is 229 g/mol. The zero-order valence-electron chi connectivity index (χ0n) is 10.5. The Bertz CT molecular complexity index is 563. The Kier molecular flexibility index (Phi) is 2.74. The van der Waals surface area contributed by atoms with E-state index in [4.69, 9.17) is 5.73 Å². The van der Waals surface area contributed by atoms with E-state index in [2.05, 4.69) is 4.98 Å². The van der Waals surface area contributed by atoms with Gasteiger partial charge in [0.15, 0.2) is 0 Å². The van der Waals surface area contributed by atoms with Crippen molar-refractivity contribution >= 4 is 16.6 Å². The second kappa shape index (κ2) is 4.28. The summed E-state index contributed by atoms with van der Waals surface area (Å²) < 4.78 is 14.2. The van der Waals surface area contributed by atoms with Crippen LogP contribution in [0.2, 0.25) is 0 Å². The Morgan fingerprint density at radius 1 is 1.44 bits per heavy atom. The lowest BCUT2D eigenvalue weighted by molar-refractivity contribution is 0.140. The number of hydrogen-bond donors (Lipinski definition) is 2. The average Bonchev–Trinajstić information content (AvgIpc) is 2.72. The molecule has 0 saturated carbocycles. The number of aromatic nitrogens is 1. The molecule has 3 rings (SSSR count). The number of piperidine rings is 1. The van der Waals surface area contributed by atoms with Gasteiger partial charge in [-0.3, -0.25) is 0 Å². The summed E-state index contributed by atoms with van der Waals surface area (Å²) in [5.41, 5.74) is 8.65. The number of nitrogens with one attached hydrogen (secondary N) is 1. The number of halogens is 1. The topological polar surface area (TPSA) is 45.0 Å². The first-order valence-electron chi connectivity index (χ1n) is 6.34. The highest BCUT2D eigenvalue weighted by atomic mass is 19.1. The fraction of sp³-hybridized carbons (Fsp3) is 0.429. The standard InChI is InChI=1S/C14H18FN3/c1-18-5-4-10(13(15)8-18)12-7-17-14-3-2-9(16)6-11(12)14/h2-3,6-7,10,13,17H,4-5,8,16H2,1H3. The van der Waals surface area contributed by atoms with Crippen LogP contribution in [0.1, 0.15) is 17.9 Å². The van der Waals surface area contributed by atoms with E-state index < -0.39 is 6.17 Å². The van der Waals surface area contributed by atoms with Crippen molar-refractivity contribution in [2.75, 3.05) is 25.9 Å². The van der Waals surface area contributed by atoms with Crippen LogP contribution in [0, 0.1) is 0 Å². The van der Waals surface area contributed by atoms with Gasteiger partial charge in [0.2, 0.25) is 0 Å². The smallest absolute Gasteiger partial charge is 0.120 e. The highest BCUT2D eigenvalue weighted by molar-refractivity contribution is 5.86. The predicted octanol–water partition coefficient (Wildman–Crippen LogP) is 2.51. The Morgan fingerprint density at radius 2 is 2.28 bits per heavy atom. The molecule has 96 valence electrons. The Morgan fingerprint density at radius 3 is 3.06 bits per heavy atom. The lowest BCUT2D eigenvalue weighted by Crippen LogP contribution is -2.38. The molecule has 1 fully saturated rings. The van der Waals surface area contributed by atoms with Gasteiger partial charge < -0.3 is 15.6 Å². The van der Waals surface area contributed by atoms with E-state index in [-0.39, 0.29) is 5.92 Å². The van der Waals surface area contributed by atoms with Crippen LogP contribution in [0.25, 0.3) is 10.9 Å². The molecule has 0 radical (unpaired) electrons. The van der Waals surface area contributed by atoms with Crippen molar-refractivity contribution in [1.29, 1.82) is 0 Å². The minimum Gasteiger partial charge on any atom is -0.399 e. The normalized spacial score (nSPS) is 25.7. The van der Waals surface area contributed by atoms with Gasteiger partial charge in [0.1, 0.15) is 6.17 Å². The monoisotopic (exact) mass is 247 g/mol. The molecule has 0 aliphatic carbocycles. The van der Waals surface area contributed by atoms with Crippen molar-refractivity contribution in [2.24, 2.45) is 0 Å². The van der Waals surface area contributed by atoms with Crippen LogP contribution in [-0.2, 0) is 0 Å². The fourth-order valence-corrected chi connectivity index (χ4v) is 2.87. The molecule has 1 aliphatic heterocycles. The molecule has 1 aromatic heterocycles. The summed E-state index contributed by atoms with van der Waals surface area (Å²) >= 11 is 0. The molecule has 3 N–H and O–H groups in total. The van der Waals surface area contributed by atoms with E-state index in [0.717, 1.165) is 35.1 Å². The zero-order valence-corrected chi connectivity index (χ0v) is 10.5. The van der Waals surface area contributed by atoms with E-state index >= 15 is 0 Å².